The van der Waals surface area contributed by atoms with Crippen molar-refractivity contribution in [3.05, 3.63) is 29.8 Å². The first-order valence-electron chi connectivity index (χ1n) is 7.48. The maximum atomic E-state index is 12.2. The molecule has 1 aromatic rings. The van der Waals surface area contributed by atoms with E-state index in [-0.39, 0.29) is 23.9 Å². The highest BCUT2D eigenvalue weighted by molar-refractivity contribution is 5.80. The van der Waals surface area contributed by atoms with Gasteiger partial charge in [0.1, 0.15) is 5.75 Å². The number of rotatable bonds is 5. The number of para-hydroxylation sites is 1. The van der Waals surface area contributed by atoms with Crippen LogP contribution in [0.1, 0.15) is 18.9 Å². The van der Waals surface area contributed by atoms with Crippen molar-refractivity contribution in [2.45, 2.75) is 25.8 Å². The molecule has 0 aromatic heterocycles. The highest BCUT2D eigenvalue weighted by atomic mass is 16.5. The van der Waals surface area contributed by atoms with Crippen molar-refractivity contribution in [3.63, 3.8) is 0 Å². The van der Waals surface area contributed by atoms with Gasteiger partial charge in [0.05, 0.1) is 13.0 Å². The van der Waals surface area contributed by atoms with Crippen molar-refractivity contribution < 1.29 is 14.3 Å². The number of amides is 3. The third-order valence-electron chi connectivity index (χ3n) is 3.97. The fourth-order valence-corrected chi connectivity index (χ4v) is 2.73. The number of likely N-dealkylation sites (tertiary alicyclic amines) is 1. The number of hydrogen-bond acceptors (Lipinski definition) is 3. The van der Waals surface area contributed by atoms with E-state index in [2.05, 4.69) is 5.32 Å². The largest absolute Gasteiger partial charge is 0.496 e. The highest BCUT2D eigenvalue weighted by Gasteiger charge is 2.30. The quantitative estimate of drug-likeness (QED) is 0.855. The molecule has 0 saturated carbocycles. The average molecular weight is 305 g/mol. The van der Waals surface area contributed by atoms with Crippen molar-refractivity contribution in [2.75, 3.05) is 20.2 Å². The minimum absolute atomic E-state index is 0.0311. The summed E-state index contributed by atoms with van der Waals surface area (Å²) in [5, 5.41) is 2.96. The fraction of sp³-hybridized carbons (Fsp3) is 0.500. The molecule has 6 heteroatoms. The molecule has 1 aliphatic heterocycles. The van der Waals surface area contributed by atoms with Crippen LogP contribution in [0.2, 0.25) is 0 Å². The van der Waals surface area contributed by atoms with Crippen LogP contribution in [0.5, 0.6) is 5.75 Å². The summed E-state index contributed by atoms with van der Waals surface area (Å²) in [5.74, 6) is 0.256. The van der Waals surface area contributed by atoms with Crippen molar-refractivity contribution in [3.8, 4) is 5.75 Å². The van der Waals surface area contributed by atoms with Crippen molar-refractivity contribution in [2.24, 2.45) is 11.7 Å². The highest BCUT2D eigenvalue weighted by Crippen LogP contribution is 2.19. The number of methoxy groups -OCH3 is 1. The van der Waals surface area contributed by atoms with Gasteiger partial charge in [-0.05, 0) is 31.4 Å². The molecule has 0 aliphatic carbocycles. The van der Waals surface area contributed by atoms with E-state index < -0.39 is 0 Å². The third-order valence-corrected chi connectivity index (χ3v) is 3.97. The maximum Gasteiger partial charge on any atom is 0.317 e. The van der Waals surface area contributed by atoms with Gasteiger partial charge in [0.25, 0.3) is 0 Å². The Balaban J connectivity index is 1.88. The van der Waals surface area contributed by atoms with Crippen LogP contribution in [0.15, 0.2) is 24.3 Å². The summed E-state index contributed by atoms with van der Waals surface area (Å²) in [6.07, 6.45) is 1.33. The van der Waals surface area contributed by atoms with Crippen LogP contribution in [0.3, 0.4) is 0 Å². The SMILES string of the molecule is COc1ccccc1C[C@H](C)NC(=O)N1CC[C@@H](C(N)=O)C1. The molecule has 0 spiro atoms. The molecule has 1 saturated heterocycles. The first-order chi connectivity index (χ1) is 10.5. The molecule has 2 rings (SSSR count). The summed E-state index contributed by atoms with van der Waals surface area (Å²) in [6.45, 7) is 2.93. The smallest absolute Gasteiger partial charge is 0.317 e. The van der Waals surface area contributed by atoms with E-state index in [0.717, 1.165) is 11.3 Å². The molecule has 120 valence electrons. The first-order valence-corrected chi connectivity index (χ1v) is 7.48. The Morgan fingerprint density at radius 2 is 2.18 bits per heavy atom. The average Bonchev–Trinajstić information content (AvgIpc) is 2.98. The second-order valence-electron chi connectivity index (χ2n) is 5.70. The van der Waals surface area contributed by atoms with E-state index in [4.69, 9.17) is 10.5 Å². The van der Waals surface area contributed by atoms with Crippen LogP contribution in [0.25, 0.3) is 0 Å². The number of urea groups is 1. The lowest BCUT2D eigenvalue weighted by Crippen LogP contribution is -2.44. The minimum atomic E-state index is -0.336. The van der Waals surface area contributed by atoms with Crippen LogP contribution in [0, 0.1) is 5.92 Å². The lowest BCUT2D eigenvalue weighted by Gasteiger charge is -2.21. The molecule has 2 atom stereocenters. The number of carbonyl (C=O) groups is 2. The van der Waals surface area contributed by atoms with Gasteiger partial charge in [0.15, 0.2) is 0 Å². The first kappa shape index (κ1) is 16.1. The molecule has 1 heterocycles. The molecule has 1 aromatic carbocycles. The fourth-order valence-electron chi connectivity index (χ4n) is 2.73. The van der Waals surface area contributed by atoms with Gasteiger partial charge < -0.3 is 20.7 Å². The number of hydrogen-bond donors (Lipinski definition) is 2. The summed E-state index contributed by atoms with van der Waals surface area (Å²) >= 11 is 0. The second kappa shape index (κ2) is 7.15. The number of primary amides is 1. The summed E-state index contributed by atoms with van der Waals surface area (Å²) in [7, 11) is 1.64. The van der Waals surface area contributed by atoms with Crippen molar-refractivity contribution >= 4 is 11.9 Å². The third kappa shape index (κ3) is 3.90. The maximum absolute atomic E-state index is 12.2. The van der Waals surface area contributed by atoms with Crippen LogP contribution in [-0.4, -0.2) is 43.1 Å². The van der Waals surface area contributed by atoms with Gasteiger partial charge in [-0.15, -0.1) is 0 Å². The van der Waals surface area contributed by atoms with Gasteiger partial charge in [-0.3, -0.25) is 4.79 Å². The molecule has 22 heavy (non-hydrogen) atoms. The predicted octanol–water partition coefficient (Wildman–Crippen LogP) is 1.14. The number of ether oxygens (including phenoxy) is 1. The molecule has 0 radical (unpaired) electrons. The van der Waals surface area contributed by atoms with E-state index in [9.17, 15) is 9.59 Å². The normalized spacial score (nSPS) is 18.8. The van der Waals surface area contributed by atoms with Crippen LogP contribution >= 0.6 is 0 Å². The predicted molar refractivity (Wildman–Crippen MR) is 83.6 cm³/mol. The molecule has 0 unspecified atom stereocenters. The topological polar surface area (TPSA) is 84.7 Å². The van der Waals surface area contributed by atoms with Gasteiger partial charge in [0, 0.05) is 19.1 Å². The van der Waals surface area contributed by atoms with E-state index in [0.29, 0.717) is 25.9 Å². The van der Waals surface area contributed by atoms with E-state index >= 15 is 0 Å². The van der Waals surface area contributed by atoms with Gasteiger partial charge >= 0.3 is 6.03 Å². The van der Waals surface area contributed by atoms with Gasteiger partial charge in [-0.2, -0.15) is 0 Å². The Morgan fingerprint density at radius 1 is 1.45 bits per heavy atom. The van der Waals surface area contributed by atoms with E-state index in [1.165, 1.54) is 0 Å². The van der Waals surface area contributed by atoms with Crippen molar-refractivity contribution in [1.29, 1.82) is 0 Å². The van der Waals surface area contributed by atoms with Crippen LogP contribution in [-0.2, 0) is 11.2 Å². The molecule has 3 N–H and O–H groups in total. The number of nitrogens with two attached hydrogens (primary N) is 1. The standard InChI is InChI=1S/C16H23N3O3/c1-11(9-12-5-3-4-6-14(12)22-2)18-16(21)19-8-7-13(10-19)15(17)20/h3-6,11,13H,7-10H2,1-2H3,(H2,17,20)(H,18,21)/t11-,13+/m0/s1. The number of benzene rings is 1. The summed E-state index contributed by atoms with van der Waals surface area (Å²) in [6, 6.07) is 7.58. The minimum Gasteiger partial charge on any atom is -0.496 e. The molecular weight excluding hydrogens is 282 g/mol. The Kier molecular flexibility index (Phi) is 5.25. The Hall–Kier alpha value is -2.24. The lowest BCUT2D eigenvalue weighted by atomic mass is 10.1. The van der Waals surface area contributed by atoms with E-state index in [1.54, 1.807) is 12.0 Å². The summed E-state index contributed by atoms with van der Waals surface area (Å²) in [4.78, 5) is 25.0. The molecule has 0 bridgehead atoms. The number of carbonyl (C=O) groups excluding carboxylic acids is 2. The second-order valence-corrected chi connectivity index (χ2v) is 5.70. The van der Waals surface area contributed by atoms with E-state index in [1.807, 2.05) is 31.2 Å². The molecule has 3 amide bonds. The molecule has 6 nitrogen and oxygen atoms in total. The molecular formula is C16H23N3O3. The number of nitrogens with one attached hydrogen (secondary N) is 1. The van der Waals surface area contributed by atoms with Crippen LogP contribution < -0.4 is 15.8 Å². The summed E-state index contributed by atoms with van der Waals surface area (Å²) < 4.78 is 5.32. The van der Waals surface area contributed by atoms with Gasteiger partial charge in [-0.1, -0.05) is 18.2 Å². The zero-order valence-corrected chi connectivity index (χ0v) is 13.0. The monoisotopic (exact) mass is 305 g/mol. The Morgan fingerprint density at radius 3 is 2.82 bits per heavy atom. The van der Waals surface area contributed by atoms with Gasteiger partial charge in [-0.25, -0.2) is 4.79 Å². The van der Waals surface area contributed by atoms with Crippen LogP contribution in [0.4, 0.5) is 4.79 Å². The lowest BCUT2D eigenvalue weighted by molar-refractivity contribution is -0.121. The zero-order valence-electron chi connectivity index (χ0n) is 13.0. The van der Waals surface area contributed by atoms with Gasteiger partial charge in [0.2, 0.25) is 5.91 Å². The number of nitrogens with zero attached hydrogens (tertiary/aromatic N) is 1. The zero-order chi connectivity index (χ0) is 16.1. The Bertz CT molecular complexity index is 547. The Labute approximate surface area is 130 Å². The van der Waals surface area contributed by atoms with Crippen molar-refractivity contribution in [1.82, 2.24) is 10.2 Å². The summed E-state index contributed by atoms with van der Waals surface area (Å²) in [5.41, 5.74) is 6.33. The molecule has 1 fully saturated rings. The molecule has 1 aliphatic rings.